The first kappa shape index (κ1) is 85.2. The zero-order valence-corrected chi connectivity index (χ0v) is 57.1. The second-order valence-corrected chi connectivity index (χ2v) is 26.4. The van der Waals surface area contributed by atoms with Gasteiger partial charge in [-0.2, -0.15) is 0 Å². The molecule has 33 nitrogen and oxygen atoms in total. The van der Waals surface area contributed by atoms with Crippen molar-refractivity contribution in [3.8, 4) is 5.75 Å². The number of benzene rings is 1. The van der Waals surface area contributed by atoms with Gasteiger partial charge in [0.25, 0.3) is 0 Å². The molecular formula is C65H114N10O23. The van der Waals surface area contributed by atoms with E-state index in [2.05, 4.69) is 31.9 Å². The van der Waals surface area contributed by atoms with Crippen LogP contribution >= 0.6 is 0 Å². The molecule has 3 fully saturated rings. The first-order chi connectivity index (χ1) is 46.6. The number of hydrogen-bond acceptors (Lipinski definition) is 27. The summed E-state index contributed by atoms with van der Waals surface area (Å²) in [7, 11) is 0. The molecule has 1 aromatic rings. The lowest BCUT2D eigenvalue weighted by Crippen LogP contribution is -2.62. The van der Waals surface area contributed by atoms with Crippen LogP contribution in [0.4, 0.5) is 0 Å². The van der Waals surface area contributed by atoms with Gasteiger partial charge < -0.3 is 139 Å². The second-order valence-electron chi connectivity index (χ2n) is 26.4. The van der Waals surface area contributed by atoms with Crippen molar-refractivity contribution >= 4 is 41.2 Å². The Morgan fingerprint density at radius 2 is 0.796 bits per heavy atom. The molecule has 0 spiro atoms. The Bertz CT molecular complexity index is 2520. The number of aliphatic hydroxyl groups excluding tert-OH is 9. The van der Waals surface area contributed by atoms with Crippen LogP contribution in [0.3, 0.4) is 0 Å². The normalized spacial score (nSPS) is 27.0. The zero-order valence-electron chi connectivity index (χ0n) is 57.1. The molecule has 4 rings (SSSR count). The third-order valence-electron chi connectivity index (χ3n) is 16.9. The minimum atomic E-state index is -1.38. The van der Waals surface area contributed by atoms with Crippen LogP contribution in [0.25, 0.3) is 0 Å². The van der Waals surface area contributed by atoms with Crippen molar-refractivity contribution in [2.45, 2.75) is 271 Å². The number of carbonyl (C=O) groups is 7. The van der Waals surface area contributed by atoms with Crippen LogP contribution in [0.5, 0.6) is 5.75 Å². The molecule has 19 atom stereocenters. The monoisotopic (exact) mass is 1400 g/mol. The highest BCUT2D eigenvalue weighted by Gasteiger charge is 2.45. The molecule has 98 heavy (non-hydrogen) atoms. The quantitative estimate of drug-likeness (QED) is 0.0274. The number of amides is 6. The number of Topliss-reactive ketones (excluding diaryl/α,β-unsaturated/α-hetero) is 1. The molecule has 6 amide bonds. The summed E-state index contributed by atoms with van der Waals surface area (Å²) < 4.78 is 39.5. The topological polar surface area (TPSA) is 542 Å². The van der Waals surface area contributed by atoms with Crippen LogP contribution in [-0.2, 0) is 68.4 Å². The van der Waals surface area contributed by atoms with Crippen molar-refractivity contribution < 1.29 is 113 Å². The summed E-state index contributed by atoms with van der Waals surface area (Å²) in [5.74, 6) is -3.48. The van der Waals surface area contributed by atoms with Crippen molar-refractivity contribution in [2.24, 2.45) is 22.9 Å². The van der Waals surface area contributed by atoms with E-state index in [9.17, 15) is 79.5 Å². The Kier molecular flexibility index (Phi) is 39.0. The fraction of sp³-hybridized carbons (Fsp3) is 0.800. The molecule has 19 unspecified atom stereocenters. The van der Waals surface area contributed by atoms with E-state index >= 15 is 0 Å². The summed E-state index contributed by atoms with van der Waals surface area (Å²) in [6.07, 6.45) is -8.90. The molecule has 1 aromatic carbocycles. The lowest BCUT2D eigenvalue weighted by atomic mass is 9.98. The maximum Gasteiger partial charge on any atom is 0.242 e. The fourth-order valence-electron chi connectivity index (χ4n) is 11.0. The largest absolute Gasteiger partial charge is 0.488 e. The SMILES string of the molecule is CC(=O)CCC(NC(=O)CCC(NC(=O)CCC(NC(=O)C(N)Cc1ccc(OC(C)(C)C)cc1)C(=O)NCCCCCCOC1OC(CO)C(O)C(O)C1N)C(=O)NCCCCCCOC1OC(CO)C(O)C(O)C1N)C(=O)NCCCCCCOC1OC(CO)C(O)C(O)C1N. The molecule has 3 aliphatic heterocycles. The number of aliphatic hydroxyl groups is 9. The highest BCUT2D eigenvalue weighted by molar-refractivity contribution is 5.92. The van der Waals surface area contributed by atoms with Crippen molar-refractivity contribution in [1.82, 2.24) is 31.9 Å². The van der Waals surface area contributed by atoms with Crippen LogP contribution in [0.2, 0.25) is 0 Å². The summed E-state index contributed by atoms with van der Waals surface area (Å²) in [4.78, 5) is 94.9. The van der Waals surface area contributed by atoms with E-state index in [0.717, 1.165) is 0 Å². The summed E-state index contributed by atoms with van der Waals surface area (Å²) in [6.45, 7) is 6.53. The van der Waals surface area contributed by atoms with Gasteiger partial charge in [0.15, 0.2) is 18.9 Å². The Morgan fingerprint density at radius 3 is 1.12 bits per heavy atom. The first-order valence-electron chi connectivity index (χ1n) is 34.3. The van der Waals surface area contributed by atoms with E-state index in [1.54, 1.807) is 24.3 Å². The molecule has 3 saturated heterocycles. The summed E-state index contributed by atoms with van der Waals surface area (Å²) >= 11 is 0. The molecule has 33 heteroatoms. The smallest absolute Gasteiger partial charge is 0.242 e. The predicted molar refractivity (Wildman–Crippen MR) is 352 cm³/mol. The van der Waals surface area contributed by atoms with Gasteiger partial charge in [-0.1, -0.05) is 50.7 Å². The number of nitrogens with two attached hydrogens (primary N) is 4. The molecule has 0 radical (unpaired) electrons. The highest BCUT2D eigenvalue weighted by atomic mass is 16.7. The van der Waals surface area contributed by atoms with E-state index in [0.29, 0.717) is 88.4 Å². The lowest BCUT2D eigenvalue weighted by molar-refractivity contribution is -0.265. The molecule has 0 aliphatic carbocycles. The van der Waals surface area contributed by atoms with Crippen molar-refractivity contribution in [3.05, 3.63) is 29.8 Å². The predicted octanol–water partition coefficient (Wildman–Crippen LogP) is -4.50. The van der Waals surface area contributed by atoms with Gasteiger partial charge in [-0.05, 0) is 110 Å². The Balaban J connectivity index is 1.38. The number of unbranched alkanes of at least 4 members (excludes halogenated alkanes) is 9. The van der Waals surface area contributed by atoms with Gasteiger partial charge in [-0.3, -0.25) is 28.8 Å². The maximum atomic E-state index is 14.0. The number of ketones is 1. The van der Waals surface area contributed by atoms with Gasteiger partial charge in [0.2, 0.25) is 35.4 Å². The van der Waals surface area contributed by atoms with Crippen LogP contribution < -0.4 is 59.6 Å². The average molecular weight is 1400 g/mol. The minimum Gasteiger partial charge on any atom is -0.488 e. The zero-order chi connectivity index (χ0) is 72.5. The lowest BCUT2D eigenvalue weighted by Gasteiger charge is -2.40. The Morgan fingerprint density at radius 1 is 0.469 bits per heavy atom. The van der Waals surface area contributed by atoms with Crippen molar-refractivity contribution in [3.63, 3.8) is 0 Å². The van der Waals surface area contributed by atoms with E-state index in [-0.39, 0.29) is 83.8 Å². The van der Waals surface area contributed by atoms with E-state index in [1.807, 2.05) is 20.8 Å². The number of carbonyl (C=O) groups excluding carboxylic acids is 7. The fourth-order valence-corrected chi connectivity index (χ4v) is 11.0. The van der Waals surface area contributed by atoms with Crippen LogP contribution in [0.1, 0.15) is 149 Å². The first-order valence-corrected chi connectivity index (χ1v) is 34.3. The standard InChI is InChI=1S/C65H114N10O23/c1-37(79)17-22-41(59(89)70-27-11-5-8-14-30-92-62-49(67)55(85)52(82)44(34-76)95-62)73-47(80)25-23-42(60(90)71-28-12-6-9-15-31-93-63-50(68)56(86)53(83)45(35-77)96-63)74-48(81)26-24-43(75-58(88)40(66)33-38-18-20-39(21-19-38)98-65(2,3)4)61(91)72-29-13-7-10-16-32-94-64-51(69)57(87)54(84)46(36-78)97-64/h18-21,40-46,49-57,62-64,76-78,82-87H,5-17,22-36,66-69H2,1-4H3,(H,70,89)(H,71,90)(H,72,91)(H,73,80)(H,74,81)(H,75,88). The number of ether oxygens (including phenoxy) is 7. The number of nitrogens with one attached hydrogen (secondary N) is 6. The molecule has 0 aromatic heterocycles. The van der Waals surface area contributed by atoms with Gasteiger partial charge in [0, 0.05) is 58.7 Å². The van der Waals surface area contributed by atoms with Gasteiger partial charge in [0.1, 0.15) is 90.2 Å². The number of rotatable bonds is 46. The Labute approximate surface area is 573 Å². The van der Waals surface area contributed by atoms with Crippen molar-refractivity contribution in [2.75, 3.05) is 59.3 Å². The Hall–Kier alpha value is -5.25. The molecule has 23 N–H and O–H groups in total. The molecule has 0 saturated carbocycles. The van der Waals surface area contributed by atoms with E-state index in [1.165, 1.54) is 6.92 Å². The number of hydrogen-bond donors (Lipinski definition) is 19. The molecule has 0 bridgehead atoms. The van der Waals surface area contributed by atoms with Crippen LogP contribution in [0.15, 0.2) is 24.3 Å². The molecule has 3 aliphatic rings. The van der Waals surface area contributed by atoms with Crippen LogP contribution in [-0.4, -0.2) is 268 Å². The summed E-state index contributed by atoms with van der Waals surface area (Å²) in [5.41, 5.74) is 24.6. The highest BCUT2D eigenvalue weighted by Crippen LogP contribution is 2.25. The summed E-state index contributed by atoms with van der Waals surface area (Å²) in [5, 5.41) is 106. The third kappa shape index (κ3) is 30.1. The third-order valence-corrected chi connectivity index (χ3v) is 16.9. The van der Waals surface area contributed by atoms with Crippen molar-refractivity contribution in [1.29, 1.82) is 0 Å². The van der Waals surface area contributed by atoms with Gasteiger partial charge in [0.05, 0.1) is 44.0 Å². The summed E-state index contributed by atoms with van der Waals surface area (Å²) in [6, 6.07) is -0.944. The van der Waals surface area contributed by atoms with Gasteiger partial charge in [-0.25, -0.2) is 0 Å². The van der Waals surface area contributed by atoms with Crippen LogP contribution in [0, 0.1) is 0 Å². The molecular weight excluding hydrogens is 1290 g/mol. The van der Waals surface area contributed by atoms with Gasteiger partial charge in [-0.15, -0.1) is 0 Å². The molecule has 3 heterocycles. The van der Waals surface area contributed by atoms with Gasteiger partial charge >= 0.3 is 0 Å². The molecule has 562 valence electrons. The van der Waals surface area contributed by atoms with E-state index in [4.69, 9.17) is 56.1 Å². The maximum absolute atomic E-state index is 14.0. The second kappa shape index (κ2) is 44.9. The minimum absolute atomic E-state index is 0.0307. The average Bonchev–Trinajstić information content (AvgIpc) is 0.834. The van der Waals surface area contributed by atoms with E-state index < -0.39 is 183 Å².